The maximum absolute atomic E-state index is 12.7. The number of hydrogen-bond acceptors (Lipinski definition) is 4. The summed E-state index contributed by atoms with van der Waals surface area (Å²) in [4.78, 5) is 0. The van der Waals surface area contributed by atoms with Crippen LogP contribution >= 0.6 is 0 Å². The van der Waals surface area contributed by atoms with Gasteiger partial charge in [-0.25, -0.2) is 0 Å². The molecule has 6 nitrogen and oxygen atoms in total. The van der Waals surface area contributed by atoms with Gasteiger partial charge in [0, 0.05) is 32.2 Å². The fourth-order valence-corrected chi connectivity index (χ4v) is 4.41. The van der Waals surface area contributed by atoms with Crippen molar-refractivity contribution < 1.29 is 13.5 Å². The van der Waals surface area contributed by atoms with Crippen LogP contribution in [0.25, 0.3) is 0 Å². The lowest BCUT2D eigenvalue weighted by Gasteiger charge is -2.30. The number of nitrogens with zero attached hydrogens (tertiary/aromatic N) is 2. The van der Waals surface area contributed by atoms with Gasteiger partial charge in [-0.2, -0.15) is 17.0 Å². The van der Waals surface area contributed by atoms with E-state index in [1.54, 1.807) is 0 Å². The first-order valence-electron chi connectivity index (χ1n) is 7.65. The maximum atomic E-state index is 12.7. The second-order valence-corrected chi connectivity index (χ2v) is 7.21. The molecule has 1 heterocycles. The average Bonchev–Trinajstić information content (AvgIpc) is 2.91. The lowest BCUT2D eigenvalue weighted by Crippen LogP contribution is -2.49. The second kappa shape index (κ2) is 8.94. The highest BCUT2D eigenvalue weighted by molar-refractivity contribution is 7.86. The van der Waals surface area contributed by atoms with Crippen LogP contribution in [0, 0.1) is 0 Å². The molecule has 20 heavy (non-hydrogen) atoms. The molecule has 0 aliphatic carbocycles. The van der Waals surface area contributed by atoms with Crippen LogP contribution < -0.4 is 5.32 Å². The fraction of sp³-hybridized carbons (Fsp3) is 1.00. The van der Waals surface area contributed by atoms with Gasteiger partial charge in [-0.05, 0) is 32.2 Å². The smallest absolute Gasteiger partial charge is 0.282 e. The van der Waals surface area contributed by atoms with E-state index >= 15 is 0 Å². The summed E-state index contributed by atoms with van der Waals surface area (Å²) < 4.78 is 28.4. The molecule has 120 valence electrons. The number of rotatable bonds is 10. The van der Waals surface area contributed by atoms with Gasteiger partial charge in [-0.1, -0.05) is 13.8 Å². The van der Waals surface area contributed by atoms with E-state index in [0.29, 0.717) is 19.6 Å². The molecule has 0 amide bonds. The molecule has 1 atom stereocenters. The zero-order chi connectivity index (χ0) is 15.0. The lowest BCUT2D eigenvalue weighted by molar-refractivity contribution is 0.235. The van der Waals surface area contributed by atoms with Crippen molar-refractivity contribution in [3.8, 4) is 0 Å². The molecule has 0 saturated carbocycles. The predicted molar refractivity (Wildman–Crippen MR) is 80.8 cm³/mol. The van der Waals surface area contributed by atoms with Gasteiger partial charge in [0.25, 0.3) is 10.2 Å². The zero-order valence-electron chi connectivity index (χ0n) is 12.7. The van der Waals surface area contributed by atoms with Gasteiger partial charge in [0.05, 0.1) is 6.61 Å². The topological polar surface area (TPSA) is 72.9 Å². The van der Waals surface area contributed by atoms with Gasteiger partial charge in [0.2, 0.25) is 0 Å². The van der Waals surface area contributed by atoms with Crippen molar-refractivity contribution in [2.24, 2.45) is 0 Å². The molecule has 1 saturated heterocycles. The molecule has 0 aromatic rings. The molecule has 0 aromatic carbocycles. The third-order valence-electron chi connectivity index (χ3n) is 3.53. The van der Waals surface area contributed by atoms with E-state index in [1.165, 1.54) is 8.61 Å². The van der Waals surface area contributed by atoms with Crippen LogP contribution in [0.2, 0.25) is 0 Å². The Balaban J connectivity index is 2.78. The minimum Gasteiger partial charge on any atom is -0.395 e. The third kappa shape index (κ3) is 4.96. The molecule has 1 fully saturated rings. The predicted octanol–water partition coefficient (Wildman–Crippen LogP) is 0.400. The van der Waals surface area contributed by atoms with E-state index in [4.69, 9.17) is 0 Å². The van der Waals surface area contributed by atoms with Crippen molar-refractivity contribution >= 4 is 10.2 Å². The summed E-state index contributed by atoms with van der Waals surface area (Å²) in [6.45, 7) is 6.47. The van der Waals surface area contributed by atoms with Crippen molar-refractivity contribution in [3.05, 3.63) is 0 Å². The Kier molecular flexibility index (Phi) is 7.98. The van der Waals surface area contributed by atoms with Crippen molar-refractivity contribution in [2.75, 3.05) is 39.3 Å². The van der Waals surface area contributed by atoms with Crippen LogP contribution in [0.1, 0.15) is 39.5 Å². The quantitative estimate of drug-likeness (QED) is 0.613. The Labute approximate surface area is 123 Å². The summed E-state index contributed by atoms with van der Waals surface area (Å²) in [5.41, 5.74) is 0. The van der Waals surface area contributed by atoms with E-state index in [-0.39, 0.29) is 19.2 Å². The highest BCUT2D eigenvalue weighted by Gasteiger charge is 2.30. The Morgan fingerprint density at radius 3 is 2.25 bits per heavy atom. The van der Waals surface area contributed by atoms with Crippen molar-refractivity contribution in [1.29, 1.82) is 0 Å². The largest absolute Gasteiger partial charge is 0.395 e. The minimum atomic E-state index is -3.47. The number of nitrogens with one attached hydrogen (secondary N) is 1. The first-order chi connectivity index (χ1) is 9.56. The van der Waals surface area contributed by atoms with Gasteiger partial charge < -0.3 is 10.4 Å². The molecule has 2 N–H and O–H groups in total. The van der Waals surface area contributed by atoms with Crippen LogP contribution in [0.3, 0.4) is 0 Å². The molecule has 1 unspecified atom stereocenters. The van der Waals surface area contributed by atoms with Crippen LogP contribution in [0.5, 0.6) is 0 Å². The van der Waals surface area contributed by atoms with E-state index in [2.05, 4.69) is 5.32 Å². The Hall–Kier alpha value is -0.210. The fourth-order valence-electron chi connectivity index (χ4n) is 2.58. The van der Waals surface area contributed by atoms with E-state index in [1.807, 2.05) is 13.8 Å². The highest BCUT2D eigenvalue weighted by Crippen LogP contribution is 2.14. The normalized spacial score (nSPS) is 20.1. The van der Waals surface area contributed by atoms with Gasteiger partial charge >= 0.3 is 0 Å². The van der Waals surface area contributed by atoms with Crippen LogP contribution in [0.15, 0.2) is 0 Å². The van der Waals surface area contributed by atoms with Gasteiger partial charge in [0.1, 0.15) is 0 Å². The van der Waals surface area contributed by atoms with Crippen LogP contribution in [-0.4, -0.2) is 67.5 Å². The summed E-state index contributed by atoms with van der Waals surface area (Å²) >= 11 is 0. The zero-order valence-corrected chi connectivity index (χ0v) is 13.5. The van der Waals surface area contributed by atoms with E-state index in [0.717, 1.165) is 32.2 Å². The van der Waals surface area contributed by atoms with E-state index < -0.39 is 10.2 Å². The summed E-state index contributed by atoms with van der Waals surface area (Å²) in [5, 5.41) is 12.5. The monoisotopic (exact) mass is 307 g/mol. The summed E-state index contributed by atoms with van der Waals surface area (Å²) in [6, 6.07) is 0.210. The van der Waals surface area contributed by atoms with Gasteiger partial charge in [-0.15, -0.1) is 0 Å². The molecule has 7 heteroatoms. The summed E-state index contributed by atoms with van der Waals surface area (Å²) in [6.07, 6.45) is 3.69. The second-order valence-electron chi connectivity index (χ2n) is 5.28. The van der Waals surface area contributed by atoms with Crippen LogP contribution in [-0.2, 0) is 10.2 Å². The third-order valence-corrected chi connectivity index (χ3v) is 5.54. The minimum absolute atomic E-state index is 0.141. The Bertz CT molecular complexity index is 350. The first-order valence-corrected chi connectivity index (χ1v) is 9.05. The number of aliphatic hydroxyl groups is 1. The lowest BCUT2D eigenvalue weighted by atomic mass is 10.2. The molecular formula is C13H29N3O3S. The highest BCUT2D eigenvalue weighted by atomic mass is 32.2. The molecule has 0 bridgehead atoms. The van der Waals surface area contributed by atoms with Gasteiger partial charge in [-0.3, -0.25) is 0 Å². The molecular weight excluding hydrogens is 278 g/mol. The van der Waals surface area contributed by atoms with E-state index in [9.17, 15) is 13.5 Å². The molecule has 0 radical (unpaired) electrons. The van der Waals surface area contributed by atoms with Crippen molar-refractivity contribution in [3.63, 3.8) is 0 Å². The van der Waals surface area contributed by atoms with Gasteiger partial charge in [0.15, 0.2) is 0 Å². The van der Waals surface area contributed by atoms with Crippen molar-refractivity contribution in [2.45, 2.75) is 45.6 Å². The number of hydrogen-bond donors (Lipinski definition) is 2. The summed E-state index contributed by atoms with van der Waals surface area (Å²) in [5.74, 6) is 0. The Morgan fingerprint density at radius 2 is 1.80 bits per heavy atom. The Morgan fingerprint density at radius 1 is 1.15 bits per heavy atom. The first kappa shape index (κ1) is 17.8. The average molecular weight is 307 g/mol. The molecule has 0 spiro atoms. The molecule has 0 aromatic heterocycles. The maximum Gasteiger partial charge on any atom is 0.282 e. The van der Waals surface area contributed by atoms with Crippen LogP contribution in [0.4, 0.5) is 0 Å². The molecule has 1 aliphatic heterocycles. The van der Waals surface area contributed by atoms with Crippen molar-refractivity contribution in [1.82, 2.24) is 13.9 Å². The number of aliphatic hydroxyl groups excluding tert-OH is 1. The summed E-state index contributed by atoms with van der Waals surface area (Å²) in [7, 11) is -3.47. The molecule has 1 rings (SSSR count). The standard InChI is InChI=1S/C13H29N3O3S/c1-3-8-15(9-4-2)20(18,19)16(10-11-17)12-13-6-5-7-14-13/h13-14,17H,3-12H2,1-2H3. The molecule has 1 aliphatic rings. The SMILES string of the molecule is CCCN(CCC)S(=O)(=O)N(CCO)CC1CCCN1.